The molecule has 1 rings (SSSR count). The molecule has 1 aromatic rings. The van der Waals surface area contributed by atoms with Crippen LogP contribution in [-0.4, -0.2) is 34.8 Å². The van der Waals surface area contributed by atoms with E-state index in [2.05, 4.69) is 10.2 Å². The van der Waals surface area contributed by atoms with E-state index in [1.165, 1.54) is 24.3 Å². The third-order valence-electron chi connectivity index (χ3n) is 3.30. The minimum atomic E-state index is -7.23. The average molecular weight is 422 g/mol. The monoisotopic (exact) mass is 422 g/mol. The van der Waals surface area contributed by atoms with Crippen molar-refractivity contribution < 1.29 is 49.4 Å². The number of aliphatic hydroxyl groups is 1. The fourth-order valence-corrected chi connectivity index (χ4v) is 1.68. The van der Waals surface area contributed by atoms with Gasteiger partial charge in [0.25, 0.3) is 0 Å². The number of alkyl halides is 9. The van der Waals surface area contributed by atoms with Gasteiger partial charge in [0.05, 0.1) is 5.69 Å². The molecule has 156 valence electrons. The molecule has 0 unspecified atom stereocenters. The summed E-state index contributed by atoms with van der Waals surface area (Å²) in [5, 5.41) is 15.3. The van der Waals surface area contributed by atoms with Crippen molar-refractivity contribution in [3.8, 4) is 0 Å². The first-order valence-electron chi connectivity index (χ1n) is 7.10. The SMILES string of the molecule is CC(=O)/C(N=Nc1ccc(C)cc1)=C(/O)C(F)(F)C(F)(F)C(F)(F)C(F)(F)F. The van der Waals surface area contributed by atoms with Crippen LogP contribution in [0, 0.1) is 6.92 Å². The molecule has 28 heavy (non-hydrogen) atoms. The summed E-state index contributed by atoms with van der Waals surface area (Å²) in [4.78, 5) is 11.3. The van der Waals surface area contributed by atoms with Gasteiger partial charge in [-0.2, -0.15) is 44.6 Å². The first-order chi connectivity index (χ1) is 12.5. The van der Waals surface area contributed by atoms with Crippen molar-refractivity contribution in [2.75, 3.05) is 0 Å². The zero-order valence-corrected chi connectivity index (χ0v) is 14.0. The number of Topliss-reactive ketones (excluding diaryl/α,β-unsaturated/α-hetero) is 1. The summed E-state index contributed by atoms with van der Waals surface area (Å²) < 4.78 is 116. The van der Waals surface area contributed by atoms with Gasteiger partial charge in [0.2, 0.25) is 5.76 Å². The molecule has 0 saturated heterocycles. The second kappa shape index (κ2) is 7.43. The standard InChI is InChI=1S/C15H11F9N2O2/c1-7-3-5-9(6-4-7)25-26-10(8(2)27)11(28)12(16,17)13(18,19)14(20,21)15(22,23)24/h3-6,28H,1-2H3/b11-10-,26-25?. The largest absolute Gasteiger partial charge is 0.504 e. The highest BCUT2D eigenvalue weighted by Crippen LogP contribution is 2.55. The van der Waals surface area contributed by atoms with Crippen molar-refractivity contribution in [1.82, 2.24) is 0 Å². The average Bonchev–Trinajstić information content (AvgIpc) is 2.54. The van der Waals surface area contributed by atoms with Crippen LogP contribution >= 0.6 is 0 Å². The Balaban J connectivity index is 3.50. The number of benzene rings is 1. The van der Waals surface area contributed by atoms with Crippen LogP contribution in [0.25, 0.3) is 0 Å². The van der Waals surface area contributed by atoms with Gasteiger partial charge in [0, 0.05) is 6.92 Å². The molecule has 0 radical (unpaired) electrons. The molecule has 0 spiro atoms. The number of azo groups is 1. The smallest absolute Gasteiger partial charge is 0.460 e. The number of hydrogen-bond acceptors (Lipinski definition) is 4. The Labute approximate surface area is 151 Å². The van der Waals surface area contributed by atoms with E-state index in [-0.39, 0.29) is 5.69 Å². The number of carbonyl (C=O) groups is 1. The van der Waals surface area contributed by atoms with Crippen LogP contribution in [0.5, 0.6) is 0 Å². The van der Waals surface area contributed by atoms with E-state index in [9.17, 15) is 49.4 Å². The second-order valence-electron chi connectivity index (χ2n) is 5.51. The lowest BCUT2D eigenvalue weighted by Gasteiger charge is -2.33. The fourth-order valence-electron chi connectivity index (χ4n) is 1.68. The van der Waals surface area contributed by atoms with E-state index in [1.807, 2.05) is 0 Å². The molecule has 1 N–H and O–H groups in total. The van der Waals surface area contributed by atoms with E-state index >= 15 is 0 Å². The third kappa shape index (κ3) is 4.12. The molecule has 0 amide bonds. The molecule has 13 heteroatoms. The minimum Gasteiger partial charge on any atom is -0.504 e. The van der Waals surface area contributed by atoms with Crippen molar-refractivity contribution in [3.63, 3.8) is 0 Å². The molecule has 0 fully saturated rings. The molecule has 0 bridgehead atoms. The number of allylic oxidation sites excluding steroid dienone is 2. The van der Waals surface area contributed by atoms with Crippen LogP contribution in [-0.2, 0) is 4.79 Å². The van der Waals surface area contributed by atoms with Crippen molar-refractivity contribution in [2.45, 2.75) is 37.8 Å². The fraction of sp³-hybridized carbons (Fsp3) is 0.400. The van der Waals surface area contributed by atoms with Crippen molar-refractivity contribution in [1.29, 1.82) is 0 Å². The maximum absolute atomic E-state index is 13.7. The normalized spacial score (nSPS) is 15.0. The van der Waals surface area contributed by atoms with Crippen molar-refractivity contribution in [3.05, 3.63) is 41.3 Å². The van der Waals surface area contributed by atoms with Crippen LogP contribution in [0.2, 0.25) is 0 Å². The number of nitrogens with zero attached hydrogens (tertiary/aromatic N) is 2. The second-order valence-corrected chi connectivity index (χ2v) is 5.51. The summed E-state index contributed by atoms with van der Waals surface area (Å²) in [6.07, 6.45) is -7.07. The number of carbonyl (C=O) groups excluding carboxylic acids is 1. The van der Waals surface area contributed by atoms with Crippen molar-refractivity contribution >= 4 is 11.5 Å². The molecular formula is C15H11F9N2O2. The van der Waals surface area contributed by atoms with E-state index in [0.29, 0.717) is 12.5 Å². The Morgan fingerprint density at radius 3 is 1.75 bits per heavy atom. The summed E-state index contributed by atoms with van der Waals surface area (Å²) in [5.41, 5.74) is -1.32. The zero-order valence-electron chi connectivity index (χ0n) is 14.0. The lowest BCUT2D eigenvalue weighted by Crippen LogP contribution is -2.61. The van der Waals surface area contributed by atoms with Crippen LogP contribution in [0.15, 0.2) is 46.0 Å². The molecule has 0 aliphatic rings. The van der Waals surface area contributed by atoms with Gasteiger partial charge in [0.1, 0.15) is 0 Å². The lowest BCUT2D eigenvalue weighted by atomic mass is 10.0. The maximum Gasteiger partial charge on any atom is 0.460 e. The maximum atomic E-state index is 13.7. The van der Waals surface area contributed by atoms with Gasteiger partial charge in [-0.15, -0.1) is 5.11 Å². The van der Waals surface area contributed by atoms with E-state index in [0.717, 1.165) is 0 Å². The summed E-state index contributed by atoms with van der Waals surface area (Å²) in [5.74, 6) is -25.6. The van der Waals surface area contributed by atoms with Crippen LogP contribution in [0.3, 0.4) is 0 Å². The van der Waals surface area contributed by atoms with Gasteiger partial charge >= 0.3 is 23.9 Å². The molecule has 0 aromatic heterocycles. The summed E-state index contributed by atoms with van der Waals surface area (Å²) in [7, 11) is 0. The molecule has 0 aliphatic heterocycles. The topological polar surface area (TPSA) is 62.0 Å². The van der Waals surface area contributed by atoms with E-state index in [4.69, 9.17) is 0 Å². The highest BCUT2D eigenvalue weighted by atomic mass is 19.4. The first-order valence-corrected chi connectivity index (χ1v) is 7.10. The number of aliphatic hydroxyl groups excluding tert-OH is 1. The summed E-state index contributed by atoms with van der Waals surface area (Å²) >= 11 is 0. The number of rotatable bonds is 6. The van der Waals surface area contributed by atoms with Gasteiger partial charge in [-0.05, 0) is 19.1 Å². The van der Waals surface area contributed by atoms with Gasteiger partial charge in [0.15, 0.2) is 11.5 Å². The van der Waals surface area contributed by atoms with Gasteiger partial charge in [-0.1, -0.05) is 17.7 Å². The highest BCUT2D eigenvalue weighted by Gasteiger charge is 2.83. The Bertz CT molecular complexity index is 797. The minimum absolute atomic E-state index is 0.118. The van der Waals surface area contributed by atoms with Gasteiger partial charge in [-0.3, -0.25) is 4.79 Å². The third-order valence-corrected chi connectivity index (χ3v) is 3.30. The molecule has 0 saturated carbocycles. The van der Waals surface area contributed by atoms with E-state index in [1.54, 1.807) is 6.92 Å². The predicted octanol–water partition coefficient (Wildman–Crippen LogP) is 5.91. The molecule has 1 aromatic carbocycles. The number of ketones is 1. The molecule has 0 aliphatic carbocycles. The summed E-state index contributed by atoms with van der Waals surface area (Å²) in [6, 6.07) is 5.35. The van der Waals surface area contributed by atoms with Crippen LogP contribution in [0.4, 0.5) is 45.2 Å². The molecule has 0 atom stereocenters. The highest BCUT2D eigenvalue weighted by molar-refractivity contribution is 5.93. The summed E-state index contributed by atoms with van der Waals surface area (Å²) in [6.45, 7) is 2.08. The van der Waals surface area contributed by atoms with Crippen LogP contribution in [0.1, 0.15) is 12.5 Å². The molecule has 0 heterocycles. The quantitative estimate of drug-likeness (QED) is 0.268. The number of aryl methyl sites for hydroxylation is 1. The predicted molar refractivity (Wildman–Crippen MR) is 76.9 cm³/mol. The number of hydrogen-bond donors (Lipinski definition) is 1. The molecular weight excluding hydrogens is 411 g/mol. The Kier molecular flexibility index (Phi) is 6.22. The van der Waals surface area contributed by atoms with Gasteiger partial charge in [-0.25, -0.2) is 0 Å². The van der Waals surface area contributed by atoms with Gasteiger partial charge < -0.3 is 5.11 Å². The Morgan fingerprint density at radius 1 is 0.893 bits per heavy atom. The van der Waals surface area contributed by atoms with Crippen molar-refractivity contribution in [2.24, 2.45) is 10.2 Å². The first kappa shape index (κ1) is 23.4. The zero-order chi connectivity index (χ0) is 22.1. The Morgan fingerprint density at radius 2 is 1.36 bits per heavy atom. The van der Waals surface area contributed by atoms with E-state index < -0.39 is 41.2 Å². The van der Waals surface area contributed by atoms with Crippen LogP contribution < -0.4 is 0 Å². The lowest BCUT2D eigenvalue weighted by molar-refractivity contribution is -0.392. The Hall–Kier alpha value is -2.60. The number of halogens is 9. The molecule has 4 nitrogen and oxygen atoms in total.